The summed E-state index contributed by atoms with van der Waals surface area (Å²) in [6.07, 6.45) is 7.09. The van der Waals surface area contributed by atoms with Gasteiger partial charge in [-0.15, -0.1) is 22.7 Å². The molecule has 0 aliphatic rings. The molecule has 7 nitrogen and oxygen atoms in total. The number of ether oxygens (including phenoxy) is 2. The number of nitrogens with one attached hydrogen (secondary N) is 2. The van der Waals surface area contributed by atoms with E-state index in [2.05, 4.69) is 20.6 Å². The molecule has 0 saturated carbocycles. The lowest BCUT2D eigenvalue weighted by molar-refractivity contribution is 0.104. The van der Waals surface area contributed by atoms with Gasteiger partial charge < -0.3 is 20.1 Å². The number of hydrogen-bond acceptors (Lipinski definition) is 9. The van der Waals surface area contributed by atoms with E-state index in [-0.39, 0.29) is 5.78 Å². The first-order chi connectivity index (χ1) is 19.6. The summed E-state index contributed by atoms with van der Waals surface area (Å²) in [5, 5.41) is 10.5. The molecule has 2 aromatic carbocycles. The fraction of sp³-hybridized carbons (Fsp3) is 0.129. The maximum absolute atomic E-state index is 14.5. The van der Waals surface area contributed by atoms with Crippen LogP contribution in [0.15, 0.2) is 85.5 Å². The third-order valence-corrected chi connectivity index (χ3v) is 8.86. The van der Waals surface area contributed by atoms with Crippen molar-refractivity contribution in [2.75, 3.05) is 24.9 Å². The number of thiophene rings is 2. The van der Waals surface area contributed by atoms with Gasteiger partial charge in [0.25, 0.3) is 0 Å². The van der Waals surface area contributed by atoms with Gasteiger partial charge in [-0.1, -0.05) is 24.3 Å². The highest BCUT2D eigenvalue weighted by Crippen LogP contribution is 2.42. The average Bonchev–Trinajstić information content (AvgIpc) is 3.57. The van der Waals surface area contributed by atoms with Gasteiger partial charge in [-0.2, -0.15) is 0 Å². The van der Waals surface area contributed by atoms with E-state index in [0.717, 1.165) is 52.8 Å². The van der Waals surface area contributed by atoms with Crippen molar-refractivity contribution in [1.82, 2.24) is 9.97 Å². The average molecular weight is 567 g/mol. The summed E-state index contributed by atoms with van der Waals surface area (Å²) in [5.74, 6) is 1.58. The van der Waals surface area contributed by atoms with Crippen molar-refractivity contribution < 1.29 is 14.3 Å². The molecule has 0 radical (unpaired) electrons. The maximum atomic E-state index is 14.5. The largest absolute Gasteiger partial charge is 0.497 e. The van der Waals surface area contributed by atoms with E-state index >= 15 is 0 Å². The minimum atomic E-state index is -0.0376. The van der Waals surface area contributed by atoms with Crippen LogP contribution in [0, 0.1) is 0 Å². The van der Waals surface area contributed by atoms with E-state index in [1.165, 1.54) is 0 Å². The number of carbonyl (C=O) groups excluding carboxylic acids is 1. The highest BCUT2D eigenvalue weighted by molar-refractivity contribution is 7.24. The van der Waals surface area contributed by atoms with Crippen molar-refractivity contribution in [2.24, 2.45) is 0 Å². The van der Waals surface area contributed by atoms with Gasteiger partial charge in [0.2, 0.25) is 0 Å². The normalized spacial score (nSPS) is 11.1. The van der Waals surface area contributed by atoms with Crippen molar-refractivity contribution >= 4 is 58.6 Å². The lowest BCUT2D eigenvalue weighted by Gasteiger charge is -2.11. The van der Waals surface area contributed by atoms with Gasteiger partial charge in [0.1, 0.15) is 21.5 Å². The number of rotatable bonds is 10. The fourth-order valence-electron chi connectivity index (χ4n) is 4.58. The molecule has 0 aliphatic carbocycles. The molecule has 0 bridgehead atoms. The van der Waals surface area contributed by atoms with E-state index in [1.807, 2.05) is 73.1 Å². The van der Waals surface area contributed by atoms with E-state index in [4.69, 9.17) is 9.47 Å². The van der Waals surface area contributed by atoms with Crippen LogP contribution in [0.5, 0.6) is 11.5 Å². The molecule has 9 heteroatoms. The number of aromatic nitrogens is 2. The van der Waals surface area contributed by atoms with Crippen LogP contribution >= 0.6 is 22.7 Å². The molecule has 0 aliphatic heterocycles. The second kappa shape index (κ2) is 11.3. The molecular formula is C31H26N4O3S2. The molecule has 6 aromatic rings. The molecule has 6 rings (SSSR count). The maximum Gasteiger partial charge on any atom is 0.200 e. The van der Waals surface area contributed by atoms with Crippen LogP contribution in [0.2, 0.25) is 0 Å². The number of ketones is 1. The van der Waals surface area contributed by atoms with Crippen molar-refractivity contribution in [1.29, 1.82) is 0 Å². The van der Waals surface area contributed by atoms with Gasteiger partial charge in [0.15, 0.2) is 5.78 Å². The summed E-state index contributed by atoms with van der Waals surface area (Å²) in [5.41, 5.74) is 3.48. The summed E-state index contributed by atoms with van der Waals surface area (Å²) in [7, 11) is 3.31. The minimum Gasteiger partial charge on any atom is -0.497 e. The molecule has 0 amide bonds. The Balaban J connectivity index is 1.37. The van der Waals surface area contributed by atoms with Crippen molar-refractivity contribution in [3.63, 3.8) is 0 Å². The molecule has 4 aromatic heterocycles. The number of fused-ring (bicyclic) bond motifs is 2. The lowest BCUT2D eigenvalue weighted by atomic mass is 10.0. The van der Waals surface area contributed by atoms with Gasteiger partial charge in [0.05, 0.1) is 34.7 Å². The molecule has 40 heavy (non-hydrogen) atoms. The van der Waals surface area contributed by atoms with Crippen LogP contribution in [0.1, 0.15) is 27.0 Å². The smallest absolute Gasteiger partial charge is 0.200 e. The number of benzene rings is 2. The highest BCUT2D eigenvalue weighted by Gasteiger charge is 2.26. The zero-order valence-corrected chi connectivity index (χ0v) is 23.6. The second-order valence-corrected chi connectivity index (χ2v) is 11.2. The van der Waals surface area contributed by atoms with Crippen LogP contribution < -0.4 is 20.1 Å². The number of anilines is 2. The van der Waals surface area contributed by atoms with Crippen molar-refractivity contribution in [3.8, 4) is 11.5 Å². The van der Waals surface area contributed by atoms with Crippen LogP contribution in [-0.2, 0) is 13.1 Å². The van der Waals surface area contributed by atoms with Crippen molar-refractivity contribution in [2.45, 2.75) is 13.1 Å². The Hall–Kier alpha value is -4.47. The SMILES string of the molecule is COc1ccc(CNc2sc3cnccc3c2C(=O)c2c(NCc3ccc(OC)cc3)sc3cnccc23)cc1. The van der Waals surface area contributed by atoms with Gasteiger partial charge >= 0.3 is 0 Å². The Kier molecular flexibility index (Phi) is 7.31. The van der Waals surface area contributed by atoms with Gasteiger partial charge in [-0.05, 0) is 47.5 Å². The number of hydrogen-bond donors (Lipinski definition) is 2. The number of methoxy groups -OCH3 is 2. The lowest BCUT2D eigenvalue weighted by Crippen LogP contribution is -2.08. The van der Waals surface area contributed by atoms with Gasteiger partial charge in [-0.25, -0.2) is 0 Å². The summed E-state index contributed by atoms with van der Waals surface area (Å²) >= 11 is 3.08. The molecule has 0 fully saturated rings. The molecule has 0 spiro atoms. The number of carbonyl (C=O) groups is 1. The topological polar surface area (TPSA) is 85.4 Å². The van der Waals surface area contributed by atoms with E-state index in [1.54, 1.807) is 49.3 Å². The highest BCUT2D eigenvalue weighted by atomic mass is 32.1. The Bertz CT molecular complexity index is 1660. The first kappa shape index (κ1) is 25.8. The third-order valence-electron chi connectivity index (χ3n) is 6.66. The molecular weight excluding hydrogens is 541 g/mol. The minimum absolute atomic E-state index is 0.0376. The molecule has 4 heterocycles. The predicted molar refractivity (Wildman–Crippen MR) is 163 cm³/mol. The summed E-state index contributed by atoms with van der Waals surface area (Å²) in [6.45, 7) is 1.14. The molecule has 0 saturated heterocycles. The second-order valence-electron chi connectivity index (χ2n) is 9.09. The predicted octanol–water partition coefficient (Wildman–Crippen LogP) is 7.38. The summed E-state index contributed by atoms with van der Waals surface area (Å²) in [6, 6.07) is 19.6. The fourth-order valence-corrected chi connectivity index (χ4v) is 6.70. The van der Waals surface area contributed by atoms with E-state index in [0.29, 0.717) is 24.2 Å². The molecule has 200 valence electrons. The standard InChI is InChI=1S/C31H26N4O3S2/c1-37-21-7-3-19(4-8-21)15-34-30-27(23-11-13-32-17-25(23)39-30)29(36)28-24-12-14-33-18-26(24)40-31(28)35-16-20-5-9-22(38-2)10-6-20/h3-14,17-18,34-35H,15-16H2,1-2H3. The zero-order chi connectivity index (χ0) is 27.5. The summed E-state index contributed by atoms with van der Waals surface area (Å²) in [4.78, 5) is 23.1. The van der Waals surface area contributed by atoms with E-state index in [9.17, 15) is 4.79 Å². The monoisotopic (exact) mass is 566 g/mol. The van der Waals surface area contributed by atoms with Gasteiger partial charge in [0, 0.05) is 48.6 Å². The Morgan fingerprint density at radius 1 is 0.675 bits per heavy atom. The first-order valence-electron chi connectivity index (χ1n) is 12.7. The zero-order valence-electron chi connectivity index (χ0n) is 21.9. The first-order valence-corrected chi connectivity index (χ1v) is 14.3. The van der Waals surface area contributed by atoms with Gasteiger partial charge in [-0.3, -0.25) is 14.8 Å². The molecule has 2 N–H and O–H groups in total. The molecule has 0 unspecified atom stereocenters. The van der Waals surface area contributed by atoms with Crippen LogP contribution in [-0.4, -0.2) is 30.0 Å². The number of pyridine rings is 2. The Morgan fingerprint density at radius 3 is 1.50 bits per heavy atom. The quantitative estimate of drug-likeness (QED) is 0.167. The third kappa shape index (κ3) is 5.09. The van der Waals surface area contributed by atoms with E-state index < -0.39 is 0 Å². The molecule has 0 atom stereocenters. The summed E-state index contributed by atoms with van der Waals surface area (Å²) < 4.78 is 12.5. The Labute approximate surface area is 239 Å². The Morgan fingerprint density at radius 2 is 1.10 bits per heavy atom. The van der Waals surface area contributed by atoms with Crippen molar-refractivity contribution in [3.05, 3.63) is 108 Å². The van der Waals surface area contributed by atoms with Crippen LogP contribution in [0.3, 0.4) is 0 Å². The van der Waals surface area contributed by atoms with Crippen LogP contribution in [0.25, 0.3) is 20.2 Å². The van der Waals surface area contributed by atoms with Crippen LogP contribution in [0.4, 0.5) is 10.0 Å². The number of nitrogens with zero attached hydrogens (tertiary/aromatic N) is 2.